The molecule has 19 heavy (non-hydrogen) atoms. The van der Waals surface area contributed by atoms with Crippen LogP contribution in [0.4, 0.5) is 5.69 Å². The first-order chi connectivity index (χ1) is 9.00. The number of hydrogen-bond acceptors (Lipinski definition) is 3. The highest BCUT2D eigenvalue weighted by atomic mass is 16.1. The summed E-state index contributed by atoms with van der Waals surface area (Å²) in [6.45, 7) is 4.28. The molecule has 0 saturated heterocycles. The Labute approximate surface area is 112 Å². The molecule has 1 aromatic carbocycles. The van der Waals surface area contributed by atoms with Gasteiger partial charge in [-0.3, -0.25) is 9.48 Å². The molecule has 1 amide bonds. The molecule has 0 unspecified atom stereocenters. The molecule has 2 aromatic rings. The van der Waals surface area contributed by atoms with Crippen molar-refractivity contribution in [3.63, 3.8) is 0 Å². The fraction of sp³-hybridized carbons (Fsp3) is 0.286. The van der Waals surface area contributed by atoms with E-state index in [0.29, 0.717) is 12.1 Å². The van der Waals surface area contributed by atoms with Crippen LogP contribution in [-0.2, 0) is 13.6 Å². The molecule has 0 aliphatic heterocycles. The summed E-state index contributed by atoms with van der Waals surface area (Å²) in [5.41, 5.74) is 10.1. The van der Waals surface area contributed by atoms with Gasteiger partial charge in [-0.15, -0.1) is 0 Å². The molecule has 0 bridgehead atoms. The van der Waals surface area contributed by atoms with Crippen molar-refractivity contribution in [3.8, 4) is 0 Å². The van der Waals surface area contributed by atoms with E-state index in [2.05, 4.69) is 10.4 Å². The first kappa shape index (κ1) is 13.1. The summed E-state index contributed by atoms with van der Waals surface area (Å²) in [6.07, 6.45) is 1.58. The van der Waals surface area contributed by atoms with Crippen molar-refractivity contribution in [2.24, 2.45) is 7.05 Å². The maximum absolute atomic E-state index is 12.1. The number of carbonyl (C=O) groups is 1. The SMILES string of the molecule is Cc1c(N)cccc1CNC(=O)c1cnn(C)c1C. The third-order valence-electron chi connectivity index (χ3n) is 3.41. The van der Waals surface area contributed by atoms with Gasteiger partial charge in [0.15, 0.2) is 0 Å². The number of nitrogen functional groups attached to an aromatic ring is 1. The Morgan fingerprint density at radius 2 is 2.16 bits per heavy atom. The summed E-state index contributed by atoms with van der Waals surface area (Å²) in [7, 11) is 1.81. The maximum Gasteiger partial charge on any atom is 0.255 e. The number of nitrogens with one attached hydrogen (secondary N) is 1. The van der Waals surface area contributed by atoms with Gasteiger partial charge in [-0.25, -0.2) is 0 Å². The van der Waals surface area contributed by atoms with E-state index in [1.165, 1.54) is 0 Å². The molecule has 100 valence electrons. The van der Waals surface area contributed by atoms with Crippen LogP contribution < -0.4 is 11.1 Å². The molecule has 3 N–H and O–H groups in total. The lowest BCUT2D eigenvalue weighted by atomic mass is 10.1. The quantitative estimate of drug-likeness (QED) is 0.820. The summed E-state index contributed by atoms with van der Waals surface area (Å²) in [5.74, 6) is -0.118. The fourth-order valence-electron chi connectivity index (χ4n) is 1.89. The van der Waals surface area contributed by atoms with Crippen molar-refractivity contribution in [2.45, 2.75) is 20.4 Å². The van der Waals surface area contributed by atoms with E-state index >= 15 is 0 Å². The molecule has 1 heterocycles. The topological polar surface area (TPSA) is 72.9 Å². The van der Waals surface area contributed by atoms with Crippen LogP contribution in [0.25, 0.3) is 0 Å². The first-order valence-corrected chi connectivity index (χ1v) is 6.11. The third kappa shape index (κ3) is 2.59. The fourth-order valence-corrected chi connectivity index (χ4v) is 1.89. The number of benzene rings is 1. The minimum absolute atomic E-state index is 0.118. The number of rotatable bonds is 3. The lowest BCUT2D eigenvalue weighted by molar-refractivity contribution is 0.0950. The summed E-state index contributed by atoms with van der Waals surface area (Å²) in [4.78, 5) is 12.1. The summed E-state index contributed by atoms with van der Waals surface area (Å²) >= 11 is 0. The number of nitrogens with two attached hydrogens (primary N) is 1. The molecule has 0 aliphatic carbocycles. The second-order valence-electron chi connectivity index (χ2n) is 4.58. The first-order valence-electron chi connectivity index (χ1n) is 6.11. The van der Waals surface area contributed by atoms with Gasteiger partial charge in [0.05, 0.1) is 11.8 Å². The Bertz CT molecular complexity index is 616. The van der Waals surface area contributed by atoms with Crippen LogP contribution in [0, 0.1) is 13.8 Å². The van der Waals surface area contributed by atoms with Gasteiger partial charge in [0, 0.05) is 25.0 Å². The van der Waals surface area contributed by atoms with Crippen molar-refractivity contribution in [1.29, 1.82) is 0 Å². The smallest absolute Gasteiger partial charge is 0.255 e. The molecule has 2 rings (SSSR count). The molecule has 0 radical (unpaired) electrons. The second-order valence-corrected chi connectivity index (χ2v) is 4.58. The standard InChI is InChI=1S/C14H18N4O/c1-9-11(5-4-6-13(9)15)7-16-14(19)12-8-17-18(3)10(12)2/h4-6,8H,7,15H2,1-3H3,(H,16,19). The summed E-state index contributed by atoms with van der Waals surface area (Å²) in [5, 5.41) is 6.95. The minimum Gasteiger partial charge on any atom is -0.399 e. The van der Waals surface area contributed by atoms with E-state index in [9.17, 15) is 4.79 Å². The van der Waals surface area contributed by atoms with Gasteiger partial charge < -0.3 is 11.1 Å². The number of anilines is 1. The van der Waals surface area contributed by atoms with Crippen LogP contribution in [0.15, 0.2) is 24.4 Å². The van der Waals surface area contributed by atoms with Gasteiger partial charge in [-0.05, 0) is 31.0 Å². The van der Waals surface area contributed by atoms with Crippen molar-refractivity contribution < 1.29 is 4.79 Å². The van der Waals surface area contributed by atoms with Crippen molar-refractivity contribution in [3.05, 3.63) is 46.8 Å². The summed E-state index contributed by atoms with van der Waals surface area (Å²) < 4.78 is 1.68. The zero-order chi connectivity index (χ0) is 14.0. The molecule has 0 atom stereocenters. The molecule has 1 aromatic heterocycles. The van der Waals surface area contributed by atoms with Crippen molar-refractivity contribution in [2.75, 3.05) is 5.73 Å². The Kier molecular flexibility index (Phi) is 3.55. The van der Waals surface area contributed by atoms with Gasteiger partial charge in [0.25, 0.3) is 5.91 Å². The van der Waals surface area contributed by atoms with Crippen LogP contribution in [0.1, 0.15) is 27.2 Å². The highest BCUT2D eigenvalue weighted by molar-refractivity contribution is 5.95. The van der Waals surface area contributed by atoms with Gasteiger partial charge in [-0.2, -0.15) is 5.10 Å². The number of hydrogen-bond donors (Lipinski definition) is 2. The number of carbonyl (C=O) groups excluding carboxylic acids is 1. The molecule has 0 aliphatic rings. The lowest BCUT2D eigenvalue weighted by Gasteiger charge is -2.09. The zero-order valence-corrected chi connectivity index (χ0v) is 11.4. The van der Waals surface area contributed by atoms with Crippen LogP contribution in [-0.4, -0.2) is 15.7 Å². The summed E-state index contributed by atoms with van der Waals surface area (Å²) in [6, 6.07) is 5.70. The van der Waals surface area contributed by atoms with E-state index in [-0.39, 0.29) is 5.91 Å². The molecular formula is C14H18N4O. The molecule has 0 fully saturated rings. The van der Waals surface area contributed by atoms with E-state index in [1.807, 2.05) is 39.1 Å². The Morgan fingerprint density at radius 1 is 1.42 bits per heavy atom. The number of aromatic nitrogens is 2. The lowest BCUT2D eigenvalue weighted by Crippen LogP contribution is -2.23. The number of aryl methyl sites for hydroxylation is 1. The monoisotopic (exact) mass is 258 g/mol. The van der Waals surface area contributed by atoms with E-state index in [4.69, 9.17) is 5.73 Å². The van der Waals surface area contributed by atoms with Gasteiger partial charge in [0.2, 0.25) is 0 Å². The van der Waals surface area contributed by atoms with Crippen molar-refractivity contribution in [1.82, 2.24) is 15.1 Å². The Hall–Kier alpha value is -2.30. The van der Waals surface area contributed by atoms with E-state index in [1.54, 1.807) is 10.9 Å². The van der Waals surface area contributed by atoms with Gasteiger partial charge >= 0.3 is 0 Å². The van der Waals surface area contributed by atoms with Crippen LogP contribution >= 0.6 is 0 Å². The van der Waals surface area contributed by atoms with Crippen LogP contribution in [0.2, 0.25) is 0 Å². The average Bonchev–Trinajstić information content (AvgIpc) is 2.72. The number of nitrogens with zero attached hydrogens (tertiary/aromatic N) is 2. The molecular weight excluding hydrogens is 240 g/mol. The average molecular weight is 258 g/mol. The van der Waals surface area contributed by atoms with Gasteiger partial charge in [-0.1, -0.05) is 12.1 Å². The molecule has 0 saturated carbocycles. The number of amides is 1. The van der Waals surface area contributed by atoms with Gasteiger partial charge in [0.1, 0.15) is 0 Å². The Balaban J connectivity index is 2.09. The second kappa shape index (κ2) is 5.14. The van der Waals surface area contributed by atoms with Crippen LogP contribution in [0.5, 0.6) is 0 Å². The van der Waals surface area contributed by atoms with Crippen molar-refractivity contribution >= 4 is 11.6 Å². The van der Waals surface area contributed by atoms with E-state index < -0.39 is 0 Å². The molecule has 5 nitrogen and oxygen atoms in total. The predicted octanol–water partition coefficient (Wildman–Crippen LogP) is 1.55. The van der Waals surface area contributed by atoms with E-state index in [0.717, 1.165) is 22.5 Å². The molecule has 0 spiro atoms. The van der Waals surface area contributed by atoms with Crippen LogP contribution in [0.3, 0.4) is 0 Å². The normalized spacial score (nSPS) is 10.5. The maximum atomic E-state index is 12.1. The highest BCUT2D eigenvalue weighted by Crippen LogP contribution is 2.15. The minimum atomic E-state index is -0.118. The predicted molar refractivity (Wildman–Crippen MR) is 74.7 cm³/mol. The Morgan fingerprint density at radius 3 is 2.79 bits per heavy atom. The largest absolute Gasteiger partial charge is 0.399 e. The molecule has 5 heteroatoms. The third-order valence-corrected chi connectivity index (χ3v) is 3.41. The zero-order valence-electron chi connectivity index (χ0n) is 11.4. The highest BCUT2D eigenvalue weighted by Gasteiger charge is 2.12.